The summed E-state index contributed by atoms with van der Waals surface area (Å²) in [6.45, 7) is 5.27. The first-order chi connectivity index (χ1) is 6.47. The Kier molecular flexibility index (Phi) is 3.58. The molecule has 3 heteroatoms. The lowest BCUT2D eigenvalue weighted by Gasteiger charge is -2.30. The van der Waals surface area contributed by atoms with E-state index in [1.54, 1.807) is 0 Å². The lowest BCUT2D eigenvalue weighted by atomic mass is 9.88. The summed E-state index contributed by atoms with van der Waals surface area (Å²) in [5.74, 6) is 0.878. The van der Waals surface area contributed by atoms with Gasteiger partial charge in [-0.3, -0.25) is 0 Å². The van der Waals surface area contributed by atoms with Crippen LogP contribution in [-0.4, -0.2) is 38.9 Å². The van der Waals surface area contributed by atoms with Crippen LogP contribution in [0.1, 0.15) is 19.3 Å². The molecule has 2 N–H and O–H groups in total. The summed E-state index contributed by atoms with van der Waals surface area (Å²) >= 11 is 0. The van der Waals surface area contributed by atoms with E-state index in [4.69, 9.17) is 4.74 Å². The standard InChI is InChI=1S/C10H20N2O/c1-4-11-5-2-9(1)10-3-7-13-8-6-12-10/h9-12H,1-8H2. The maximum atomic E-state index is 5.44. The fourth-order valence-corrected chi connectivity index (χ4v) is 2.38. The van der Waals surface area contributed by atoms with Gasteiger partial charge in [0.15, 0.2) is 0 Å². The van der Waals surface area contributed by atoms with E-state index in [9.17, 15) is 0 Å². The van der Waals surface area contributed by atoms with Crippen LogP contribution >= 0.6 is 0 Å². The molecule has 0 aromatic rings. The van der Waals surface area contributed by atoms with Crippen molar-refractivity contribution in [3.63, 3.8) is 0 Å². The summed E-state index contributed by atoms with van der Waals surface area (Å²) < 4.78 is 5.44. The summed E-state index contributed by atoms with van der Waals surface area (Å²) in [5, 5.41) is 7.01. The molecule has 2 rings (SSSR count). The number of hydrogen-bond donors (Lipinski definition) is 2. The average Bonchev–Trinajstić information content (AvgIpc) is 2.47. The van der Waals surface area contributed by atoms with Crippen molar-refractivity contribution in [3.8, 4) is 0 Å². The van der Waals surface area contributed by atoms with Crippen molar-refractivity contribution in [2.24, 2.45) is 5.92 Å². The summed E-state index contributed by atoms with van der Waals surface area (Å²) in [5.41, 5.74) is 0. The topological polar surface area (TPSA) is 33.3 Å². The van der Waals surface area contributed by atoms with E-state index in [1.807, 2.05) is 0 Å². The van der Waals surface area contributed by atoms with Crippen LogP contribution in [0.25, 0.3) is 0 Å². The van der Waals surface area contributed by atoms with Gasteiger partial charge in [-0.05, 0) is 38.3 Å². The molecule has 0 spiro atoms. The van der Waals surface area contributed by atoms with Gasteiger partial charge in [-0.25, -0.2) is 0 Å². The van der Waals surface area contributed by atoms with Crippen molar-refractivity contribution >= 4 is 0 Å². The van der Waals surface area contributed by atoms with Crippen LogP contribution in [0.5, 0.6) is 0 Å². The smallest absolute Gasteiger partial charge is 0.0591 e. The van der Waals surface area contributed by atoms with Crippen LogP contribution in [0.3, 0.4) is 0 Å². The first-order valence-corrected chi connectivity index (χ1v) is 5.48. The molecule has 1 unspecified atom stereocenters. The van der Waals surface area contributed by atoms with Gasteiger partial charge < -0.3 is 15.4 Å². The van der Waals surface area contributed by atoms with Crippen LogP contribution < -0.4 is 10.6 Å². The molecule has 2 aliphatic heterocycles. The number of piperidine rings is 1. The molecular formula is C10H20N2O. The Bertz CT molecular complexity index is 138. The average molecular weight is 184 g/mol. The Morgan fingerprint density at radius 1 is 0.923 bits per heavy atom. The Morgan fingerprint density at radius 2 is 1.77 bits per heavy atom. The molecule has 0 aliphatic carbocycles. The number of hydrogen-bond acceptors (Lipinski definition) is 3. The second-order valence-electron chi connectivity index (χ2n) is 4.05. The third-order valence-electron chi connectivity index (χ3n) is 3.18. The van der Waals surface area contributed by atoms with Gasteiger partial charge in [-0.1, -0.05) is 0 Å². The molecule has 0 bridgehead atoms. The molecule has 0 saturated carbocycles. The fourth-order valence-electron chi connectivity index (χ4n) is 2.38. The quantitative estimate of drug-likeness (QED) is 0.617. The normalized spacial score (nSPS) is 32.8. The molecule has 0 aromatic heterocycles. The summed E-state index contributed by atoms with van der Waals surface area (Å²) in [6, 6.07) is 0.713. The van der Waals surface area contributed by atoms with Gasteiger partial charge in [0.25, 0.3) is 0 Å². The third-order valence-corrected chi connectivity index (χ3v) is 3.18. The highest BCUT2D eigenvalue weighted by atomic mass is 16.5. The number of nitrogens with one attached hydrogen (secondary N) is 2. The van der Waals surface area contributed by atoms with Crippen LogP contribution in [0.15, 0.2) is 0 Å². The molecule has 2 aliphatic rings. The zero-order chi connectivity index (χ0) is 8.93. The summed E-state index contributed by atoms with van der Waals surface area (Å²) in [7, 11) is 0. The predicted octanol–water partition coefficient (Wildman–Crippen LogP) is 0.364. The van der Waals surface area contributed by atoms with Crippen molar-refractivity contribution < 1.29 is 4.74 Å². The molecule has 3 nitrogen and oxygen atoms in total. The molecule has 2 saturated heterocycles. The van der Waals surface area contributed by atoms with Gasteiger partial charge in [0.1, 0.15) is 0 Å². The van der Waals surface area contributed by atoms with Crippen LogP contribution in [0.2, 0.25) is 0 Å². The zero-order valence-corrected chi connectivity index (χ0v) is 8.22. The summed E-state index contributed by atoms with van der Waals surface area (Å²) in [6.07, 6.45) is 3.86. The molecule has 1 atom stereocenters. The molecule has 13 heavy (non-hydrogen) atoms. The maximum absolute atomic E-state index is 5.44. The second kappa shape index (κ2) is 4.94. The van der Waals surface area contributed by atoms with Crippen LogP contribution in [0.4, 0.5) is 0 Å². The second-order valence-corrected chi connectivity index (χ2v) is 4.05. The lowest BCUT2D eigenvalue weighted by Crippen LogP contribution is -2.41. The minimum absolute atomic E-state index is 0.713. The highest BCUT2D eigenvalue weighted by molar-refractivity contribution is 4.81. The first kappa shape index (κ1) is 9.44. The van der Waals surface area contributed by atoms with Crippen molar-refractivity contribution in [2.45, 2.75) is 25.3 Å². The van der Waals surface area contributed by atoms with Crippen LogP contribution in [-0.2, 0) is 4.74 Å². The largest absolute Gasteiger partial charge is 0.380 e. The van der Waals surface area contributed by atoms with Gasteiger partial charge in [0.2, 0.25) is 0 Å². The molecular weight excluding hydrogens is 164 g/mol. The Hall–Kier alpha value is -0.120. The zero-order valence-electron chi connectivity index (χ0n) is 8.22. The SMILES string of the molecule is C1CC(C2CCOCCN2)CCN1. The van der Waals surface area contributed by atoms with Gasteiger partial charge in [-0.15, -0.1) is 0 Å². The number of ether oxygens (including phenoxy) is 1. The predicted molar refractivity (Wildman–Crippen MR) is 52.8 cm³/mol. The molecule has 2 heterocycles. The minimum Gasteiger partial charge on any atom is -0.380 e. The third kappa shape index (κ3) is 2.66. The lowest BCUT2D eigenvalue weighted by molar-refractivity contribution is 0.146. The molecule has 0 amide bonds. The van der Waals surface area contributed by atoms with E-state index in [0.717, 1.165) is 25.7 Å². The summed E-state index contributed by atoms with van der Waals surface area (Å²) in [4.78, 5) is 0. The van der Waals surface area contributed by atoms with E-state index in [2.05, 4.69) is 10.6 Å². The van der Waals surface area contributed by atoms with E-state index in [0.29, 0.717) is 6.04 Å². The Labute approximate surface area is 80.2 Å². The highest BCUT2D eigenvalue weighted by Gasteiger charge is 2.23. The van der Waals surface area contributed by atoms with Gasteiger partial charge in [0, 0.05) is 19.2 Å². The van der Waals surface area contributed by atoms with Gasteiger partial charge in [-0.2, -0.15) is 0 Å². The van der Waals surface area contributed by atoms with E-state index >= 15 is 0 Å². The molecule has 76 valence electrons. The molecule has 2 fully saturated rings. The Morgan fingerprint density at radius 3 is 2.62 bits per heavy atom. The maximum Gasteiger partial charge on any atom is 0.0591 e. The highest BCUT2D eigenvalue weighted by Crippen LogP contribution is 2.19. The van der Waals surface area contributed by atoms with Crippen molar-refractivity contribution in [2.75, 3.05) is 32.8 Å². The first-order valence-electron chi connectivity index (χ1n) is 5.48. The minimum atomic E-state index is 0.713. The molecule has 0 aromatic carbocycles. The van der Waals surface area contributed by atoms with E-state index in [1.165, 1.54) is 32.4 Å². The van der Waals surface area contributed by atoms with Crippen molar-refractivity contribution in [1.29, 1.82) is 0 Å². The fraction of sp³-hybridized carbons (Fsp3) is 1.00. The molecule has 0 radical (unpaired) electrons. The van der Waals surface area contributed by atoms with Crippen molar-refractivity contribution in [1.82, 2.24) is 10.6 Å². The van der Waals surface area contributed by atoms with Crippen LogP contribution in [0, 0.1) is 5.92 Å². The van der Waals surface area contributed by atoms with Gasteiger partial charge >= 0.3 is 0 Å². The van der Waals surface area contributed by atoms with Gasteiger partial charge in [0.05, 0.1) is 6.61 Å². The van der Waals surface area contributed by atoms with Crippen molar-refractivity contribution in [3.05, 3.63) is 0 Å². The number of rotatable bonds is 1. The Balaban J connectivity index is 1.82. The van der Waals surface area contributed by atoms with E-state index < -0.39 is 0 Å². The monoisotopic (exact) mass is 184 g/mol. The van der Waals surface area contributed by atoms with E-state index in [-0.39, 0.29) is 0 Å².